The maximum Gasteiger partial charge on any atom is 0.0751 e. The molecule has 0 heterocycles. The first-order valence-corrected chi connectivity index (χ1v) is 8.71. The van der Waals surface area contributed by atoms with Gasteiger partial charge in [0.15, 0.2) is 0 Å². The minimum absolute atomic E-state index is 1.04. The standard InChI is InChI=1S/C18H36O/c1-2-3-4-5-6-7-8-9-10-11-12-13-14-15-16-17-18-19/h17-19H,2-16H2,1H3/b18-17-. The minimum Gasteiger partial charge on any atom is -0.516 e. The molecule has 114 valence electrons. The van der Waals surface area contributed by atoms with Crippen molar-refractivity contribution in [2.75, 3.05) is 0 Å². The Morgan fingerprint density at radius 1 is 0.579 bits per heavy atom. The Kier molecular flexibility index (Phi) is 17.1. The van der Waals surface area contributed by atoms with Crippen LogP contribution in [0.25, 0.3) is 0 Å². The van der Waals surface area contributed by atoms with Gasteiger partial charge >= 0.3 is 0 Å². The number of rotatable bonds is 15. The SMILES string of the molecule is CCCCCCCCCCCCCCCC/C=C\O. The number of aliphatic hydroxyl groups is 1. The summed E-state index contributed by atoms with van der Waals surface area (Å²) in [6.07, 6.45) is 23.7. The number of unbranched alkanes of at least 4 members (excludes halogenated alkanes) is 14. The van der Waals surface area contributed by atoms with Gasteiger partial charge in [-0.1, -0.05) is 96.5 Å². The second-order valence-electron chi connectivity index (χ2n) is 5.77. The Hall–Kier alpha value is -0.460. The summed E-state index contributed by atoms with van der Waals surface area (Å²) in [5.41, 5.74) is 0. The van der Waals surface area contributed by atoms with Gasteiger partial charge in [0, 0.05) is 0 Å². The predicted molar refractivity (Wildman–Crippen MR) is 86.7 cm³/mol. The highest BCUT2D eigenvalue weighted by atomic mass is 16.2. The zero-order chi connectivity index (χ0) is 14.0. The maximum absolute atomic E-state index is 8.49. The smallest absolute Gasteiger partial charge is 0.0751 e. The van der Waals surface area contributed by atoms with Gasteiger partial charge in [0.2, 0.25) is 0 Å². The van der Waals surface area contributed by atoms with Crippen LogP contribution in [0.5, 0.6) is 0 Å². The molecule has 0 amide bonds. The van der Waals surface area contributed by atoms with Crippen molar-refractivity contribution in [2.24, 2.45) is 0 Å². The van der Waals surface area contributed by atoms with Gasteiger partial charge in [-0.15, -0.1) is 0 Å². The molecule has 0 aromatic carbocycles. The fourth-order valence-corrected chi connectivity index (χ4v) is 2.53. The molecule has 19 heavy (non-hydrogen) atoms. The van der Waals surface area contributed by atoms with Crippen LogP contribution < -0.4 is 0 Å². The van der Waals surface area contributed by atoms with E-state index in [1.165, 1.54) is 96.2 Å². The van der Waals surface area contributed by atoms with Gasteiger partial charge in [-0.05, 0) is 12.8 Å². The summed E-state index contributed by atoms with van der Waals surface area (Å²) in [6, 6.07) is 0. The van der Waals surface area contributed by atoms with E-state index >= 15 is 0 Å². The van der Waals surface area contributed by atoms with Gasteiger partial charge in [0.25, 0.3) is 0 Å². The van der Waals surface area contributed by atoms with Gasteiger partial charge in [0.05, 0.1) is 6.26 Å². The highest BCUT2D eigenvalue weighted by molar-refractivity contribution is 4.70. The maximum atomic E-state index is 8.49. The van der Waals surface area contributed by atoms with E-state index in [1.54, 1.807) is 0 Å². The summed E-state index contributed by atoms with van der Waals surface area (Å²) in [5, 5.41) is 8.49. The zero-order valence-corrected chi connectivity index (χ0v) is 13.2. The molecule has 1 N–H and O–H groups in total. The minimum atomic E-state index is 1.04. The van der Waals surface area contributed by atoms with E-state index < -0.39 is 0 Å². The monoisotopic (exact) mass is 268 g/mol. The summed E-state index contributed by atoms with van der Waals surface area (Å²) < 4.78 is 0. The second kappa shape index (κ2) is 17.5. The van der Waals surface area contributed by atoms with Crippen LogP contribution in [-0.2, 0) is 0 Å². The van der Waals surface area contributed by atoms with Crippen LogP contribution in [0.3, 0.4) is 0 Å². The molecule has 1 heteroatoms. The lowest BCUT2D eigenvalue weighted by atomic mass is 10.0. The van der Waals surface area contributed by atoms with Gasteiger partial charge in [-0.25, -0.2) is 0 Å². The Labute approximate surface area is 121 Å². The molecule has 0 unspecified atom stereocenters. The third-order valence-corrected chi connectivity index (χ3v) is 3.83. The van der Waals surface area contributed by atoms with Crippen LogP contribution >= 0.6 is 0 Å². The molecule has 0 rings (SSSR count). The van der Waals surface area contributed by atoms with Crippen LogP contribution in [-0.4, -0.2) is 5.11 Å². The summed E-state index contributed by atoms with van der Waals surface area (Å²) in [4.78, 5) is 0. The average Bonchev–Trinajstić information content (AvgIpc) is 2.43. The van der Waals surface area contributed by atoms with Crippen LogP contribution in [0, 0.1) is 0 Å². The highest BCUT2D eigenvalue weighted by Gasteiger charge is 1.93. The molecule has 0 spiro atoms. The molecule has 0 aliphatic heterocycles. The lowest BCUT2D eigenvalue weighted by Gasteiger charge is -2.02. The highest BCUT2D eigenvalue weighted by Crippen LogP contribution is 2.13. The third-order valence-electron chi connectivity index (χ3n) is 3.83. The van der Waals surface area contributed by atoms with Crippen LogP contribution in [0.15, 0.2) is 12.3 Å². The molecule has 0 atom stereocenters. The fourth-order valence-electron chi connectivity index (χ4n) is 2.53. The lowest BCUT2D eigenvalue weighted by Crippen LogP contribution is -1.83. The van der Waals surface area contributed by atoms with Crippen LogP contribution in [0.4, 0.5) is 0 Å². The first kappa shape index (κ1) is 18.5. The Morgan fingerprint density at radius 3 is 1.32 bits per heavy atom. The van der Waals surface area contributed by atoms with Crippen molar-refractivity contribution in [3.05, 3.63) is 12.3 Å². The molecule has 0 aromatic heterocycles. The lowest BCUT2D eigenvalue weighted by molar-refractivity contribution is 0.469. The van der Waals surface area contributed by atoms with Gasteiger partial charge < -0.3 is 5.11 Å². The van der Waals surface area contributed by atoms with E-state index in [2.05, 4.69) is 6.92 Å². The second-order valence-corrected chi connectivity index (χ2v) is 5.77. The Morgan fingerprint density at radius 2 is 0.947 bits per heavy atom. The van der Waals surface area contributed by atoms with E-state index in [0.29, 0.717) is 0 Å². The molecule has 0 saturated heterocycles. The van der Waals surface area contributed by atoms with Gasteiger partial charge in [-0.3, -0.25) is 0 Å². The van der Waals surface area contributed by atoms with Crippen molar-refractivity contribution < 1.29 is 5.11 Å². The van der Waals surface area contributed by atoms with Crippen molar-refractivity contribution in [1.29, 1.82) is 0 Å². The quantitative estimate of drug-likeness (QED) is 0.252. The molecule has 0 aromatic rings. The van der Waals surface area contributed by atoms with E-state index in [4.69, 9.17) is 5.11 Å². The van der Waals surface area contributed by atoms with Gasteiger partial charge in [0.1, 0.15) is 0 Å². The number of aliphatic hydroxyl groups excluding tert-OH is 1. The summed E-state index contributed by atoms with van der Waals surface area (Å²) in [7, 11) is 0. The van der Waals surface area contributed by atoms with E-state index in [-0.39, 0.29) is 0 Å². The van der Waals surface area contributed by atoms with Crippen LogP contribution in [0.2, 0.25) is 0 Å². The Bertz CT molecular complexity index is 175. The van der Waals surface area contributed by atoms with Gasteiger partial charge in [-0.2, -0.15) is 0 Å². The summed E-state index contributed by atoms with van der Waals surface area (Å²) in [6.45, 7) is 2.28. The van der Waals surface area contributed by atoms with Crippen molar-refractivity contribution in [2.45, 2.75) is 103 Å². The van der Waals surface area contributed by atoms with Crippen molar-refractivity contribution >= 4 is 0 Å². The summed E-state index contributed by atoms with van der Waals surface area (Å²) >= 11 is 0. The van der Waals surface area contributed by atoms with Crippen molar-refractivity contribution in [3.63, 3.8) is 0 Å². The first-order valence-electron chi connectivity index (χ1n) is 8.71. The molecule has 0 fully saturated rings. The molecular weight excluding hydrogens is 232 g/mol. The number of allylic oxidation sites excluding steroid dienone is 1. The molecule has 0 saturated carbocycles. The van der Waals surface area contributed by atoms with Crippen molar-refractivity contribution in [3.8, 4) is 0 Å². The molecule has 0 bridgehead atoms. The topological polar surface area (TPSA) is 20.2 Å². The normalized spacial score (nSPS) is 11.4. The van der Waals surface area contributed by atoms with E-state index in [9.17, 15) is 0 Å². The van der Waals surface area contributed by atoms with E-state index in [0.717, 1.165) is 6.42 Å². The van der Waals surface area contributed by atoms with Crippen LogP contribution in [0.1, 0.15) is 103 Å². The molecule has 0 radical (unpaired) electrons. The summed E-state index contributed by atoms with van der Waals surface area (Å²) in [5.74, 6) is 0. The van der Waals surface area contributed by atoms with E-state index in [1.807, 2.05) is 6.08 Å². The largest absolute Gasteiger partial charge is 0.516 e. The third kappa shape index (κ3) is 17.5. The molecule has 0 aliphatic rings. The van der Waals surface area contributed by atoms with Crippen molar-refractivity contribution in [1.82, 2.24) is 0 Å². The average molecular weight is 268 g/mol. The molecule has 1 nitrogen and oxygen atoms in total. The zero-order valence-electron chi connectivity index (χ0n) is 13.2. The first-order chi connectivity index (χ1) is 9.41. The molecular formula is C18H36O. The predicted octanol–water partition coefficient (Wildman–Crippen LogP) is 6.93. The Balaban J connectivity index is 2.91. The number of hydrogen-bond donors (Lipinski definition) is 1. The molecule has 0 aliphatic carbocycles. The number of hydrogen-bond acceptors (Lipinski definition) is 1. The fraction of sp³-hybridized carbons (Fsp3) is 0.889.